The molecule has 0 saturated carbocycles. The van der Waals surface area contributed by atoms with Crippen molar-refractivity contribution in [3.8, 4) is 6.07 Å². The van der Waals surface area contributed by atoms with Gasteiger partial charge in [0.2, 0.25) is 0 Å². The molecule has 1 N–H and O–H groups in total. The van der Waals surface area contributed by atoms with Crippen LogP contribution in [-0.2, 0) is 19.5 Å². The smallest absolute Gasteiger partial charge is 0.156 e. The van der Waals surface area contributed by atoms with Gasteiger partial charge in [-0.05, 0) is 23.1 Å². The Balaban J connectivity index is 1.89. The number of nitrogens with zero attached hydrogens (tertiary/aromatic N) is 2. The van der Waals surface area contributed by atoms with Crippen molar-refractivity contribution in [3.63, 3.8) is 0 Å². The number of aliphatic hydroxyl groups is 1. The Morgan fingerprint density at radius 3 is 1.52 bits per heavy atom. The Hall–Kier alpha value is -2.93. The van der Waals surface area contributed by atoms with Gasteiger partial charge in [-0.15, -0.1) is 0 Å². The average Bonchev–Trinajstić information content (AvgIpc) is 2.73. The first-order chi connectivity index (χ1) is 13.3. The van der Waals surface area contributed by atoms with Gasteiger partial charge in [0.05, 0.1) is 12.1 Å². The molecule has 0 aliphatic rings. The fourth-order valence-electron chi connectivity index (χ4n) is 3.31. The number of hydrogen-bond donors (Lipinski definition) is 1. The Labute approximate surface area is 161 Å². The highest BCUT2D eigenvalue weighted by molar-refractivity contribution is 5.20. The molecule has 0 radical (unpaired) electrons. The molecular weight excluding hydrogens is 332 g/mol. The first kappa shape index (κ1) is 18.8. The molecule has 3 nitrogen and oxygen atoms in total. The maximum atomic E-state index is 10.5. The highest BCUT2D eigenvalue weighted by Gasteiger charge is 2.26. The largest absolute Gasteiger partial charge is 0.376 e. The summed E-state index contributed by atoms with van der Waals surface area (Å²) in [6, 6.07) is 32.2. The van der Waals surface area contributed by atoms with Crippen LogP contribution in [0.3, 0.4) is 0 Å². The van der Waals surface area contributed by atoms with Gasteiger partial charge in [0.25, 0.3) is 0 Å². The highest BCUT2D eigenvalue weighted by Crippen LogP contribution is 2.19. The van der Waals surface area contributed by atoms with E-state index in [2.05, 4.69) is 35.2 Å². The molecule has 2 atom stereocenters. The Morgan fingerprint density at radius 2 is 1.11 bits per heavy atom. The zero-order chi connectivity index (χ0) is 18.9. The third kappa shape index (κ3) is 5.52. The number of aliphatic hydroxyl groups excluding tert-OH is 1. The molecule has 27 heavy (non-hydrogen) atoms. The molecule has 0 saturated heterocycles. The average molecular weight is 356 g/mol. The molecule has 0 unspecified atom stereocenters. The maximum Gasteiger partial charge on any atom is 0.156 e. The standard InChI is InChI=1S/C24H24N2O/c25-17-24(27)23(16-20-10-4-1-5-11-20)26(18-21-12-6-2-7-13-21)19-22-14-8-3-9-15-22/h1-15,23-24,27H,16,18-19H2/t23-,24+/m0/s1. The normalized spacial score (nSPS) is 13.1. The predicted molar refractivity (Wildman–Crippen MR) is 108 cm³/mol. The summed E-state index contributed by atoms with van der Waals surface area (Å²) in [5.74, 6) is 0. The fraction of sp³-hybridized carbons (Fsp3) is 0.208. The van der Waals surface area contributed by atoms with Gasteiger partial charge in [-0.25, -0.2) is 0 Å². The van der Waals surface area contributed by atoms with Crippen molar-refractivity contribution in [3.05, 3.63) is 108 Å². The van der Waals surface area contributed by atoms with Gasteiger partial charge in [0.15, 0.2) is 6.10 Å². The molecule has 0 fully saturated rings. The van der Waals surface area contributed by atoms with Crippen molar-refractivity contribution in [2.75, 3.05) is 0 Å². The van der Waals surface area contributed by atoms with Crippen LogP contribution in [0.4, 0.5) is 0 Å². The van der Waals surface area contributed by atoms with E-state index in [0.29, 0.717) is 19.5 Å². The second kappa shape index (κ2) is 9.68. The summed E-state index contributed by atoms with van der Waals surface area (Å²) in [7, 11) is 0. The van der Waals surface area contributed by atoms with Gasteiger partial charge >= 0.3 is 0 Å². The van der Waals surface area contributed by atoms with Crippen LogP contribution in [0.25, 0.3) is 0 Å². The maximum absolute atomic E-state index is 10.5. The summed E-state index contributed by atoms with van der Waals surface area (Å²) in [5.41, 5.74) is 3.44. The van der Waals surface area contributed by atoms with Crippen LogP contribution in [0, 0.1) is 11.3 Å². The molecule has 0 aliphatic carbocycles. The molecule has 0 amide bonds. The van der Waals surface area contributed by atoms with Crippen LogP contribution in [0.15, 0.2) is 91.0 Å². The summed E-state index contributed by atoms with van der Waals surface area (Å²) in [6.45, 7) is 1.35. The first-order valence-corrected chi connectivity index (χ1v) is 9.20. The minimum atomic E-state index is -1.06. The molecule has 3 rings (SSSR count). The van der Waals surface area contributed by atoms with E-state index in [4.69, 9.17) is 0 Å². The highest BCUT2D eigenvalue weighted by atomic mass is 16.3. The topological polar surface area (TPSA) is 47.3 Å². The quantitative estimate of drug-likeness (QED) is 0.616. The van der Waals surface area contributed by atoms with Crippen LogP contribution < -0.4 is 0 Å². The van der Waals surface area contributed by atoms with Crippen molar-refractivity contribution < 1.29 is 5.11 Å². The van der Waals surface area contributed by atoms with E-state index >= 15 is 0 Å². The summed E-state index contributed by atoms with van der Waals surface area (Å²) in [6.07, 6.45) is -0.437. The predicted octanol–water partition coefficient (Wildman–Crippen LogP) is 4.18. The molecule has 3 heteroatoms. The van der Waals surface area contributed by atoms with Crippen molar-refractivity contribution in [1.82, 2.24) is 4.90 Å². The number of nitriles is 1. The molecule has 3 aromatic rings. The number of benzene rings is 3. The van der Waals surface area contributed by atoms with Crippen LogP contribution in [-0.4, -0.2) is 22.2 Å². The van der Waals surface area contributed by atoms with Crippen molar-refractivity contribution in [1.29, 1.82) is 5.26 Å². The molecule has 0 heterocycles. The first-order valence-electron chi connectivity index (χ1n) is 9.20. The minimum Gasteiger partial charge on any atom is -0.376 e. The SMILES string of the molecule is N#C[C@@H](O)[C@H](Cc1ccccc1)N(Cc1ccccc1)Cc1ccccc1. The molecule has 0 spiro atoms. The second-order valence-corrected chi connectivity index (χ2v) is 6.71. The third-order valence-electron chi connectivity index (χ3n) is 4.71. The van der Waals surface area contributed by atoms with E-state index in [9.17, 15) is 10.4 Å². The zero-order valence-electron chi connectivity index (χ0n) is 15.3. The van der Waals surface area contributed by atoms with E-state index in [1.54, 1.807) is 0 Å². The van der Waals surface area contributed by atoms with Gasteiger partial charge in [-0.2, -0.15) is 5.26 Å². The van der Waals surface area contributed by atoms with Crippen LogP contribution in [0.2, 0.25) is 0 Å². The van der Waals surface area contributed by atoms with E-state index in [0.717, 1.165) is 16.7 Å². The fourth-order valence-corrected chi connectivity index (χ4v) is 3.31. The summed E-state index contributed by atoms with van der Waals surface area (Å²) in [5, 5.41) is 19.9. The third-order valence-corrected chi connectivity index (χ3v) is 4.71. The van der Waals surface area contributed by atoms with E-state index < -0.39 is 6.10 Å². The summed E-state index contributed by atoms with van der Waals surface area (Å²) < 4.78 is 0. The molecule has 0 aliphatic heterocycles. The number of hydrogen-bond acceptors (Lipinski definition) is 3. The number of rotatable bonds is 8. The van der Waals surface area contributed by atoms with Crippen LogP contribution in [0.5, 0.6) is 0 Å². The van der Waals surface area contributed by atoms with Crippen LogP contribution in [0.1, 0.15) is 16.7 Å². The van der Waals surface area contributed by atoms with Gasteiger partial charge in [0.1, 0.15) is 0 Å². The lowest BCUT2D eigenvalue weighted by molar-refractivity contribution is 0.0712. The van der Waals surface area contributed by atoms with E-state index in [-0.39, 0.29) is 6.04 Å². The lowest BCUT2D eigenvalue weighted by Crippen LogP contribution is -2.44. The lowest BCUT2D eigenvalue weighted by atomic mass is 9.98. The van der Waals surface area contributed by atoms with Gasteiger partial charge in [-0.3, -0.25) is 4.90 Å². The van der Waals surface area contributed by atoms with Gasteiger partial charge in [-0.1, -0.05) is 91.0 Å². The monoisotopic (exact) mass is 356 g/mol. The van der Waals surface area contributed by atoms with E-state index in [1.807, 2.05) is 66.7 Å². The Kier molecular flexibility index (Phi) is 6.76. The molecule has 0 bridgehead atoms. The molecule has 136 valence electrons. The van der Waals surface area contributed by atoms with Crippen molar-refractivity contribution in [2.45, 2.75) is 31.7 Å². The van der Waals surface area contributed by atoms with E-state index in [1.165, 1.54) is 0 Å². The Morgan fingerprint density at radius 1 is 0.704 bits per heavy atom. The molecule has 3 aromatic carbocycles. The minimum absolute atomic E-state index is 0.294. The van der Waals surface area contributed by atoms with Crippen molar-refractivity contribution >= 4 is 0 Å². The summed E-state index contributed by atoms with van der Waals surface area (Å²) >= 11 is 0. The molecule has 0 aromatic heterocycles. The van der Waals surface area contributed by atoms with Crippen molar-refractivity contribution in [2.24, 2.45) is 0 Å². The lowest BCUT2D eigenvalue weighted by Gasteiger charge is -2.33. The Bertz CT molecular complexity index is 802. The summed E-state index contributed by atoms with van der Waals surface area (Å²) in [4.78, 5) is 2.20. The zero-order valence-corrected chi connectivity index (χ0v) is 15.3. The second-order valence-electron chi connectivity index (χ2n) is 6.71. The van der Waals surface area contributed by atoms with Crippen LogP contribution >= 0.6 is 0 Å². The van der Waals surface area contributed by atoms with Gasteiger partial charge < -0.3 is 5.11 Å². The molecular formula is C24H24N2O. The van der Waals surface area contributed by atoms with Gasteiger partial charge in [0, 0.05) is 13.1 Å².